The maximum Gasteiger partial charge on any atom is 0.417 e. The normalized spacial score (nSPS) is 11.3. The maximum absolute atomic E-state index is 12.4. The highest BCUT2D eigenvalue weighted by molar-refractivity contribution is 6.02. The molecule has 0 fully saturated rings. The summed E-state index contributed by atoms with van der Waals surface area (Å²) >= 11 is 0. The van der Waals surface area contributed by atoms with Gasteiger partial charge in [0.1, 0.15) is 5.69 Å². The van der Waals surface area contributed by atoms with Crippen molar-refractivity contribution in [2.24, 2.45) is 0 Å². The van der Waals surface area contributed by atoms with E-state index >= 15 is 0 Å². The molecule has 1 amide bonds. The molecule has 0 aromatic carbocycles. The van der Waals surface area contributed by atoms with Crippen molar-refractivity contribution in [3.8, 4) is 0 Å². The first-order valence-corrected chi connectivity index (χ1v) is 6.36. The number of hydrogen-bond acceptors (Lipinski definition) is 3. The number of carbonyl (C=O) groups is 1. The van der Waals surface area contributed by atoms with Gasteiger partial charge >= 0.3 is 6.18 Å². The number of amides is 1. The fraction of sp³-hybridized carbons (Fsp3) is 0.214. The van der Waals surface area contributed by atoms with Crippen molar-refractivity contribution >= 4 is 11.6 Å². The average Bonchev–Trinajstić information content (AvgIpc) is 2.48. The lowest BCUT2D eigenvalue weighted by atomic mass is 10.2. The van der Waals surface area contributed by atoms with Crippen LogP contribution in [0.25, 0.3) is 0 Å². The minimum absolute atomic E-state index is 0.151. The van der Waals surface area contributed by atoms with E-state index in [1.165, 1.54) is 22.9 Å². The molecule has 0 saturated carbocycles. The molecule has 22 heavy (non-hydrogen) atoms. The van der Waals surface area contributed by atoms with Crippen LogP contribution in [0, 0.1) is 0 Å². The number of halogens is 3. The summed E-state index contributed by atoms with van der Waals surface area (Å²) < 4.78 is 38.6. The lowest BCUT2D eigenvalue weighted by Crippen LogP contribution is -2.20. The van der Waals surface area contributed by atoms with Crippen LogP contribution < -0.4 is 10.9 Å². The number of aromatic nitrogens is 2. The van der Waals surface area contributed by atoms with Gasteiger partial charge in [-0.05, 0) is 25.1 Å². The largest absolute Gasteiger partial charge is 0.417 e. The minimum atomic E-state index is -4.50. The molecule has 0 bridgehead atoms. The quantitative estimate of drug-likeness (QED) is 0.947. The van der Waals surface area contributed by atoms with Crippen molar-refractivity contribution in [1.29, 1.82) is 0 Å². The van der Waals surface area contributed by atoms with Crippen LogP contribution in [0.3, 0.4) is 0 Å². The number of nitrogens with zero attached hydrogens (tertiary/aromatic N) is 2. The fourth-order valence-electron chi connectivity index (χ4n) is 1.74. The van der Waals surface area contributed by atoms with Crippen molar-refractivity contribution in [3.05, 3.63) is 58.3 Å². The van der Waals surface area contributed by atoms with E-state index in [2.05, 4.69) is 10.3 Å². The molecule has 8 heteroatoms. The second-order valence-corrected chi connectivity index (χ2v) is 4.43. The topological polar surface area (TPSA) is 64.0 Å². The van der Waals surface area contributed by atoms with Gasteiger partial charge in [-0.15, -0.1) is 0 Å². The van der Waals surface area contributed by atoms with Crippen molar-refractivity contribution in [3.63, 3.8) is 0 Å². The van der Waals surface area contributed by atoms with E-state index in [9.17, 15) is 22.8 Å². The van der Waals surface area contributed by atoms with E-state index < -0.39 is 17.6 Å². The molecule has 1 N–H and O–H groups in total. The monoisotopic (exact) mass is 311 g/mol. The number of pyridine rings is 2. The Morgan fingerprint density at radius 2 is 2.00 bits per heavy atom. The highest BCUT2D eigenvalue weighted by Crippen LogP contribution is 2.28. The van der Waals surface area contributed by atoms with Crippen LogP contribution in [0.5, 0.6) is 0 Å². The van der Waals surface area contributed by atoms with Crippen molar-refractivity contribution in [2.45, 2.75) is 19.6 Å². The van der Waals surface area contributed by atoms with Crippen molar-refractivity contribution in [2.75, 3.05) is 5.32 Å². The Bertz CT molecular complexity index is 736. The summed E-state index contributed by atoms with van der Waals surface area (Å²) in [4.78, 5) is 26.8. The smallest absolute Gasteiger partial charge is 0.319 e. The molecule has 2 aromatic heterocycles. The zero-order chi connectivity index (χ0) is 16.3. The van der Waals surface area contributed by atoms with Crippen LogP contribution in [0.15, 0.2) is 41.5 Å². The fourth-order valence-corrected chi connectivity index (χ4v) is 1.74. The number of alkyl halides is 3. The predicted octanol–water partition coefficient (Wildman–Crippen LogP) is 2.53. The lowest BCUT2D eigenvalue weighted by molar-refractivity contribution is -0.137. The third-order valence-corrected chi connectivity index (χ3v) is 2.91. The van der Waals surface area contributed by atoms with Gasteiger partial charge in [-0.3, -0.25) is 14.6 Å². The van der Waals surface area contributed by atoms with Crippen LogP contribution in [0.4, 0.5) is 18.9 Å². The molecule has 0 aliphatic rings. The third kappa shape index (κ3) is 3.51. The Balaban J connectivity index is 2.17. The number of nitrogens with one attached hydrogen (secondary N) is 1. The van der Waals surface area contributed by atoms with Gasteiger partial charge in [-0.2, -0.15) is 13.2 Å². The Kier molecular flexibility index (Phi) is 4.30. The van der Waals surface area contributed by atoms with E-state index in [-0.39, 0.29) is 11.3 Å². The summed E-state index contributed by atoms with van der Waals surface area (Å²) in [7, 11) is 0. The second kappa shape index (κ2) is 6.00. The second-order valence-electron chi connectivity index (χ2n) is 4.43. The van der Waals surface area contributed by atoms with Gasteiger partial charge in [0.25, 0.3) is 11.5 Å². The van der Waals surface area contributed by atoms with Crippen LogP contribution in [-0.4, -0.2) is 15.5 Å². The van der Waals surface area contributed by atoms with Gasteiger partial charge in [-0.25, -0.2) is 0 Å². The molecule has 2 aromatic rings. The number of carbonyl (C=O) groups excluding carboxylic acids is 1. The maximum atomic E-state index is 12.4. The molecule has 0 aliphatic carbocycles. The molecular weight excluding hydrogens is 299 g/mol. The van der Waals surface area contributed by atoms with E-state index in [4.69, 9.17) is 0 Å². The molecule has 0 saturated heterocycles. The molecule has 0 unspecified atom stereocenters. The Morgan fingerprint density at radius 3 is 2.55 bits per heavy atom. The summed E-state index contributed by atoms with van der Waals surface area (Å²) in [6.45, 7) is 2.20. The first kappa shape index (κ1) is 15.7. The van der Waals surface area contributed by atoms with E-state index in [0.717, 1.165) is 12.1 Å². The number of anilines is 1. The standard InChI is InChI=1S/C14H12F3N3O2/c1-2-20-8-10(4-6-12(20)21)19-13(22)11-5-3-9(7-18-11)14(15,16)17/h3-8H,2H2,1H3,(H,19,22). The Hall–Kier alpha value is -2.64. The molecule has 2 heterocycles. The van der Waals surface area contributed by atoms with Gasteiger partial charge in [0.15, 0.2) is 0 Å². The molecule has 0 atom stereocenters. The molecule has 2 rings (SSSR count). The first-order chi connectivity index (χ1) is 10.3. The van der Waals surface area contributed by atoms with Crippen LogP contribution in [0.2, 0.25) is 0 Å². The predicted molar refractivity (Wildman–Crippen MR) is 73.6 cm³/mol. The summed E-state index contributed by atoms with van der Waals surface area (Å²) in [5.74, 6) is -0.657. The number of hydrogen-bond donors (Lipinski definition) is 1. The van der Waals surface area contributed by atoms with Gasteiger partial charge in [0.05, 0.1) is 11.3 Å². The number of aryl methyl sites for hydroxylation is 1. The highest BCUT2D eigenvalue weighted by atomic mass is 19.4. The molecule has 0 aliphatic heterocycles. The van der Waals surface area contributed by atoms with Gasteiger partial charge in [0, 0.05) is 25.0 Å². The number of rotatable bonds is 3. The third-order valence-electron chi connectivity index (χ3n) is 2.91. The van der Waals surface area contributed by atoms with E-state index in [1.54, 1.807) is 6.92 Å². The SMILES string of the molecule is CCn1cc(NC(=O)c2ccc(C(F)(F)F)cn2)ccc1=O. The van der Waals surface area contributed by atoms with E-state index in [0.29, 0.717) is 18.4 Å². The van der Waals surface area contributed by atoms with Crippen LogP contribution in [0.1, 0.15) is 23.0 Å². The summed E-state index contributed by atoms with van der Waals surface area (Å²) in [5, 5.41) is 2.48. The Morgan fingerprint density at radius 1 is 1.27 bits per heavy atom. The van der Waals surface area contributed by atoms with Gasteiger partial charge in [0.2, 0.25) is 0 Å². The summed E-state index contributed by atoms with van der Waals surface area (Å²) in [6.07, 6.45) is -2.45. The van der Waals surface area contributed by atoms with Crippen molar-refractivity contribution in [1.82, 2.24) is 9.55 Å². The Labute approximate surface area is 123 Å². The lowest BCUT2D eigenvalue weighted by Gasteiger charge is -2.09. The average molecular weight is 311 g/mol. The minimum Gasteiger partial charge on any atom is -0.319 e. The zero-order valence-corrected chi connectivity index (χ0v) is 11.5. The van der Waals surface area contributed by atoms with Gasteiger partial charge in [-0.1, -0.05) is 0 Å². The summed E-state index contributed by atoms with van der Waals surface area (Å²) in [6, 6.07) is 4.48. The highest BCUT2D eigenvalue weighted by Gasteiger charge is 2.30. The first-order valence-electron chi connectivity index (χ1n) is 6.36. The molecular formula is C14H12F3N3O2. The summed E-state index contributed by atoms with van der Waals surface area (Å²) in [5.41, 5.74) is -0.938. The van der Waals surface area contributed by atoms with Crippen LogP contribution in [-0.2, 0) is 12.7 Å². The van der Waals surface area contributed by atoms with Gasteiger partial charge < -0.3 is 9.88 Å². The molecule has 0 radical (unpaired) electrons. The van der Waals surface area contributed by atoms with Crippen molar-refractivity contribution < 1.29 is 18.0 Å². The molecule has 116 valence electrons. The van der Waals surface area contributed by atoms with Crippen LogP contribution >= 0.6 is 0 Å². The zero-order valence-electron chi connectivity index (χ0n) is 11.5. The van der Waals surface area contributed by atoms with E-state index in [1.807, 2.05) is 0 Å². The molecule has 5 nitrogen and oxygen atoms in total. The molecule has 0 spiro atoms.